The number of carbonyl (C=O) groups excluding carboxylic acids is 1. The van der Waals surface area contributed by atoms with Crippen LogP contribution in [0.15, 0.2) is 60.7 Å². The Bertz CT molecular complexity index is 745. The van der Waals surface area contributed by atoms with E-state index in [4.69, 9.17) is 0 Å². The number of fused-ring (bicyclic) bond motifs is 1. The summed E-state index contributed by atoms with van der Waals surface area (Å²) in [5.41, 5.74) is 2.62. The van der Waals surface area contributed by atoms with Gasteiger partial charge in [0.2, 0.25) is 5.91 Å². The molecular formula is C24H30N2O. The van der Waals surface area contributed by atoms with Crippen molar-refractivity contribution < 1.29 is 4.79 Å². The van der Waals surface area contributed by atoms with Crippen molar-refractivity contribution in [2.24, 2.45) is 17.8 Å². The van der Waals surface area contributed by atoms with Crippen LogP contribution in [0.3, 0.4) is 0 Å². The van der Waals surface area contributed by atoms with E-state index in [-0.39, 0.29) is 11.8 Å². The van der Waals surface area contributed by atoms with Crippen LogP contribution in [0.4, 0.5) is 0 Å². The van der Waals surface area contributed by atoms with Gasteiger partial charge in [-0.3, -0.25) is 9.69 Å². The summed E-state index contributed by atoms with van der Waals surface area (Å²) in [6.45, 7) is 5.35. The molecule has 2 aromatic carbocycles. The maximum atomic E-state index is 12.7. The average Bonchev–Trinajstić information content (AvgIpc) is 3.24. The van der Waals surface area contributed by atoms with Crippen LogP contribution in [0.5, 0.6) is 0 Å². The molecule has 1 N–H and O–H groups in total. The second-order valence-electron chi connectivity index (χ2n) is 8.39. The third-order valence-electron chi connectivity index (χ3n) is 6.34. The second kappa shape index (κ2) is 8.26. The van der Waals surface area contributed by atoms with Gasteiger partial charge in [0.25, 0.3) is 0 Å². The van der Waals surface area contributed by atoms with Crippen molar-refractivity contribution in [1.29, 1.82) is 0 Å². The van der Waals surface area contributed by atoms with E-state index in [0.29, 0.717) is 12.0 Å². The fourth-order valence-corrected chi connectivity index (χ4v) is 4.89. The lowest BCUT2D eigenvalue weighted by Crippen LogP contribution is -2.42. The van der Waals surface area contributed by atoms with Crippen molar-refractivity contribution in [3.8, 4) is 0 Å². The molecule has 1 aliphatic carbocycles. The molecule has 0 radical (unpaired) electrons. The number of carbonyl (C=O) groups is 1. The van der Waals surface area contributed by atoms with E-state index in [2.05, 4.69) is 52.7 Å². The molecule has 1 saturated carbocycles. The van der Waals surface area contributed by atoms with Crippen LogP contribution < -0.4 is 5.32 Å². The van der Waals surface area contributed by atoms with Gasteiger partial charge in [-0.1, -0.05) is 67.6 Å². The van der Waals surface area contributed by atoms with Crippen molar-refractivity contribution in [3.63, 3.8) is 0 Å². The van der Waals surface area contributed by atoms with E-state index in [1.54, 1.807) is 0 Å². The van der Waals surface area contributed by atoms with Crippen molar-refractivity contribution >= 4 is 5.91 Å². The molecular weight excluding hydrogens is 332 g/mol. The zero-order chi connectivity index (χ0) is 18.6. The molecule has 1 saturated heterocycles. The van der Waals surface area contributed by atoms with Gasteiger partial charge in [-0.15, -0.1) is 0 Å². The first-order chi connectivity index (χ1) is 13.2. The molecule has 0 bridgehead atoms. The lowest BCUT2D eigenvalue weighted by molar-refractivity contribution is -0.125. The molecule has 0 aromatic heterocycles. The molecule has 2 aliphatic rings. The summed E-state index contributed by atoms with van der Waals surface area (Å²) in [6, 6.07) is 21.4. The topological polar surface area (TPSA) is 32.3 Å². The number of rotatable bonds is 6. The molecule has 4 atom stereocenters. The van der Waals surface area contributed by atoms with Crippen LogP contribution in [-0.4, -0.2) is 29.9 Å². The molecule has 1 amide bonds. The van der Waals surface area contributed by atoms with E-state index in [0.717, 1.165) is 31.8 Å². The molecule has 3 nitrogen and oxygen atoms in total. The van der Waals surface area contributed by atoms with Crippen molar-refractivity contribution in [2.75, 3.05) is 13.1 Å². The van der Waals surface area contributed by atoms with Gasteiger partial charge in [-0.25, -0.2) is 0 Å². The molecule has 3 unspecified atom stereocenters. The van der Waals surface area contributed by atoms with Crippen LogP contribution >= 0.6 is 0 Å². The molecule has 142 valence electrons. The number of likely N-dealkylation sites (tertiary alicyclic amines) is 1. The lowest BCUT2D eigenvalue weighted by atomic mass is 9.96. The van der Waals surface area contributed by atoms with Gasteiger partial charge in [0.05, 0.1) is 0 Å². The Labute approximate surface area is 162 Å². The second-order valence-corrected chi connectivity index (χ2v) is 8.39. The van der Waals surface area contributed by atoms with Crippen LogP contribution in [0.1, 0.15) is 30.9 Å². The van der Waals surface area contributed by atoms with Crippen LogP contribution in [-0.2, 0) is 17.8 Å². The zero-order valence-corrected chi connectivity index (χ0v) is 16.2. The predicted molar refractivity (Wildman–Crippen MR) is 109 cm³/mol. The van der Waals surface area contributed by atoms with Gasteiger partial charge in [-0.05, 0) is 42.2 Å². The summed E-state index contributed by atoms with van der Waals surface area (Å²) < 4.78 is 0. The highest BCUT2D eigenvalue weighted by molar-refractivity contribution is 5.79. The Morgan fingerprint density at radius 1 is 1.00 bits per heavy atom. The Balaban J connectivity index is 1.30. The molecule has 1 heterocycles. The van der Waals surface area contributed by atoms with E-state index in [9.17, 15) is 4.79 Å². The first-order valence-electron chi connectivity index (χ1n) is 10.3. The summed E-state index contributed by atoms with van der Waals surface area (Å²) in [6.07, 6.45) is 3.19. The highest BCUT2D eigenvalue weighted by Gasteiger charge is 2.43. The Morgan fingerprint density at radius 3 is 2.37 bits per heavy atom. The molecule has 2 aromatic rings. The quantitative estimate of drug-likeness (QED) is 0.845. The van der Waals surface area contributed by atoms with Gasteiger partial charge >= 0.3 is 0 Å². The predicted octanol–water partition coefficient (Wildman–Crippen LogP) is 3.89. The van der Waals surface area contributed by atoms with Gasteiger partial charge in [-0.2, -0.15) is 0 Å². The van der Waals surface area contributed by atoms with E-state index < -0.39 is 0 Å². The summed E-state index contributed by atoms with van der Waals surface area (Å²) in [5, 5.41) is 3.39. The minimum absolute atomic E-state index is 0.0216. The van der Waals surface area contributed by atoms with Gasteiger partial charge in [0, 0.05) is 31.6 Å². The van der Waals surface area contributed by atoms with Crippen LogP contribution in [0.25, 0.3) is 0 Å². The summed E-state index contributed by atoms with van der Waals surface area (Å²) in [7, 11) is 0. The number of hydrogen-bond donors (Lipinski definition) is 1. The van der Waals surface area contributed by atoms with Crippen molar-refractivity contribution in [2.45, 2.75) is 38.8 Å². The van der Waals surface area contributed by atoms with E-state index in [1.807, 2.05) is 25.1 Å². The highest BCUT2D eigenvalue weighted by atomic mass is 16.1. The molecule has 3 heteroatoms. The normalized spacial score (nSPS) is 25.9. The van der Waals surface area contributed by atoms with Gasteiger partial charge < -0.3 is 5.32 Å². The monoisotopic (exact) mass is 362 g/mol. The number of nitrogens with zero attached hydrogens (tertiary/aromatic N) is 1. The molecule has 4 rings (SSSR count). The summed E-state index contributed by atoms with van der Waals surface area (Å²) in [5.74, 6) is 1.59. The SMILES string of the molecule is CC(Cc1ccccc1)C(=O)NC1CC[C@H]2CN(Cc3ccccc3)CC12. The maximum Gasteiger partial charge on any atom is 0.223 e. The first kappa shape index (κ1) is 18.2. The van der Waals surface area contributed by atoms with Gasteiger partial charge in [0.1, 0.15) is 0 Å². The largest absolute Gasteiger partial charge is 0.353 e. The summed E-state index contributed by atoms with van der Waals surface area (Å²) >= 11 is 0. The van der Waals surface area contributed by atoms with Crippen LogP contribution in [0.2, 0.25) is 0 Å². The Morgan fingerprint density at radius 2 is 1.67 bits per heavy atom. The third kappa shape index (κ3) is 4.41. The molecule has 27 heavy (non-hydrogen) atoms. The van der Waals surface area contributed by atoms with Crippen molar-refractivity contribution in [3.05, 3.63) is 71.8 Å². The summed E-state index contributed by atoms with van der Waals surface area (Å²) in [4.78, 5) is 15.3. The van der Waals surface area contributed by atoms with E-state index in [1.165, 1.54) is 24.1 Å². The fraction of sp³-hybridized carbons (Fsp3) is 0.458. The maximum absolute atomic E-state index is 12.7. The third-order valence-corrected chi connectivity index (χ3v) is 6.34. The van der Waals surface area contributed by atoms with Crippen molar-refractivity contribution in [1.82, 2.24) is 10.2 Å². The van der Waals surface area contributed by atoms with Gasteiger partial charge in [0.15, 0.2) is 0 Å². The minimum atomic E-state index is 0.0216. The van der Waals surface area contributed by atoms with E-state index >= 15 is 0 Å². The number of benzene rings is 2. The molecule has 0 spiro atoms. The smallest absolute Gasteiger partial charge is 0.223 e. The number of amides is 1. The Kier molecular flexibility index (Phi) is 5.58. The molecule has 2 fully saturated rings. The standard InChI is InChI=1S/C24H30N2O/c1-18(14-19-8-4-2-5-9-19)24(27)25-23-13-12-21-16-26(17-22(21)23)15-20-10-6-3-7-11-20/h2-11,18,21-23H,12-17H2,1H3,(H,25,27)/t18?,21-,22?,23?/m0/s1. The Hall–Kier alpha value is -2.13. The number of hydrogen-bond acceptors (Lipinski definition) is 2. The highest BCUT2D eigenvalue weighted by Crippen LogP contribution is 2.38. The first-order valence-corrected chi connectivity index (χ1v) is 10.3. The number of nitrogens with one attached hydrogen (secondary N) is 1. The molecule has 1 aliphatic heterocycles. The zero-order valence-electron chi connectivity index (χ0n) is 16.2. The van der Waals surface area contributed by atoms with Crippen LogP contribution in [0, 0.1) is 17.8 Å². The fourth-order valence-electron chi connectivity index (χ4n) is 4.89. The minimum Gasteiger partial charge on any atom is -0.353 e. The average molecular weight is 363 g/mol. The lowest BCUT2D eigenvalue weighted by Gasteiger charge is -2.23.